The van der Waals surface area contributed by atoms with Crippen molar-refractivity contribution in [1.82, 2.24) is 14.9 Å². The Balaban J connectivity index is 1.42. The lowest BCUT2D eigenvalue weighted by Gasteiger charge is -2.35. The molecule has 1 spiro atoms. The van der Waals surface area contributed by atoms with E-state index >= 15 is 0 Å². The average Bonchev–Trinajstić information content (AvgIpc) is 3.36. The Morgan fingerprint density at radius 2 is 2.04 bits per heavy atom. The highest BCUT2D eigenvalue weighted by atomic mass is 16.5. The van der Waals surface area contributed by atoms with Gasteiger partial charge in [0.05, 0.1) is 37.5 Å². The molecule has 1 saturated carbocycles. The molecule has 3 fully saturated rings. The molecule has 2 saturated heterocycles. The Morgan fingerprint density at radius 1 is 1.17 bits per heavy atom. The van der Waals surface area contributed by atoms with Gasteiger partial charge in [-0.1, -0.05) is 0 Å². The normalized spacial score (nSPS) is 30.8. The highest BCUT2D eigenvalue weighted by Crippen LogP contribution is 2.41. The zero-order valence-electron chi connectivity index (χ0n) is 14.2. The molecule has 0 N–H and O–H groups in total. The summed E-state index contributed by atoms with van der Waals surface area (Å²) in [6, 6.07) is 0. The first kappa shape index (κ1) is 15.0. The van der Waals surface area contributed by atoms with Crippen LogP contribution in [-0.4, -0.2) is 67.4 Å². The van der Waals surface area contributed by atoms with Crippen molar-refractivity contribution in [2.75, 3.05) is 57.4 Å². The summed E-state index contributed by atoms with van der Waals surface area (Å²) in [5, 5.41) is 0. The summed E-state index contributed by atoms with van der Waals surface area (Å²) >= 11 is 0. The number of hydrogen-bond acceptors (Lipinski definition) is 6. The topological polar surface area (TPSA) is 50.7 Å². The Hall–Kier alpha value is -1.24. The number of aromatic nitrogens is 2. The van der Waals surface area contributed by atoms with Gasteiger partial charge in [0, 0.05) is 37.9 Å². The SMILES string of the molecule is c1nc(N2CCOCC2)nc2c1COC[C@@]21CCN(CC2CC2)C1. The number of anilines is 1. The molecular formula is C18H26N4O2. The molecule has 24 heavy (non-hydrogen) atoms. The maximum Gasteiger partial charge on any atom is 0.225 e. The molecule has 130 valence electrons. The van der Waals surface area contributed by atoms with E-state index < -0.39 is 0 Å². The molecule has 0 aromatic carbocycles. The van der Waals surface area contributed by atoms with E-state index in [1.165, 1.54) is 37.2 Å². The first-order valence-electron chi connectivity index (χ1n) is 9.32. The van der Waals surface area contributed by atoms with Crippen molar-refractivity contribution >= 4 is 5.95 Å². The minimum Gasteiger partial charge on any atom is -0.378 e. The van der Waals surface area contributed by atoms with Gasteiger partial charge in [-0.3, -0.25) is 0 Å². The average molecular weight is 330 g/mol. The first-order valence-corrected chi connectivity index (χ1v) is 9.32. The van der Waals surface area contributed by atoms with Crippen molar-refractivity contribution in [1.29, 1.82) is 0 Å². The standard InChI is InChI=1S/C18H26N4O2/c1-2-14(1)10-21-4-3-18(12-21)13-24-11-15-9-19-17(20-16(15)18)22-5-7-23-8-6-22/h9,14H,1-8,10-13H2/t18-/m0/s1. The van der Waals surface area contributed by atoms with Crippen LogP contribution < -0.4 is 4.90 Å². The fourth-order valence-corrected chi connectivity index (χ4v) is 4.39. The molecule has 1 aromatic heterocycles. The zero-order valence-corrected chi connectivity index (χ0v) is 14.2. The van der Waals surface area contributed by atoms with Gasteiger partial charge in [0.2, 0.25) is 5.95 Å². The van der Waals surface area contributed by atoms with Crippen LogP contribution in [0.1, 0.15) is 30.5 Å². The highest BCUT2D eigenvalue weighted by molar-refractivity contribution is 5.38. The number of fused-ring (bicyclic) bond motifs is 2. The molecule has 0 amide bonds. The monoisotopic (exact) mass is 330 g/mol. The molecule has 5 rings (SSSR count). The molecular weight excluding hydrogens is 304 g/mol. The van der Waals surface area contributed by atoms with Gasteiger partial charge in [-0.25, -0.2) is 9.97 Å². The van der Waals surface area contributed by atoms with E-state index in [1.54, 1.807) is 0 Å². The molecule has 0 unspecified atom stereocenters. The number of morpholine rings is 1. The molecule has 4 heterocycles. The zero-order chi connectivity index (χ0) is 16.0. The number of rotatable bonds is 3. The Morgan fingerprint density at radius 3 is 2.88 bits per heavy atom. The summed E-state index contributed by atoms with van der Waals surface area (Å²) in [6.45, 7) is 8.30. The van der Waals surface area contributed by atoms with Crippen LogP contribution in [0.4, 0.5) is 5.95 Å². The highest BCUT2D eigenvalue weighted by Gasteiger charge is 2.45. The van der Waals surface area contributed by atoms with Crippen molar-refractivity contribution in [3.8, 4) is 0 Å². The number of likely N-dealkylation sites (tertiary alicyclic amines) is 1. The second kappa shape index (κ2) is 5.93. The summed E-state index contributed by atoms with van der Waals surface area (Å²) in [6.07, 6.45) is 5.99. The predicted octanol–water partition coefficient (Wildman–Crippen LogP) is 1.20. The number of ether oxygens (including phenoxy) is 2. The Kier molecular flexibility index (Phi) is 3.72. The summed E-state index contributed by atoms with van der Waals surface area (Å²) in [5.74, 6) is 1.82. The van der Waals surface area contributed by atoms with E-state index in [-0.39, 0.29) is 5.41 Å². The lowest BCUT2D eigenvalue weighted by Crippen LogP contribution is -2.42. The molecule has 0 bridgehead atoms. The van der Waals surface area contributed by atoms with Crippen LogP contribution >= 0.6 is 0 Å². The van der Waals surface area contributed by atoms with E-state index in [1.807, 2.05) is 6.20 Å². The minimum atomic E-state index is 0.0758. The molecule has 6 nitrogen and oxygen atoms in total. The minimum absolute atomic E-state index is 0.0758. The fraction of sp³-hybridized carbons (Fsp3) is 0.778. The lowest BCUT2D eigenvalue weighted by atomic mass is 9.80. The fourth-order valence-electron chi connectivity index (χ4n) is 4.39. The van der Waals surface area contributed by atoms with Crippen molar-refractivity contribution in [2.24, 2.45) is 5.92 Å². The molecule has 6 heteroatoms. The third kappa shape index (κ3) is 2.70. The second-order valence-electron chi connectivity index (χ2n) is 7.84. The van der Waals surface area contributed by atoms with Gasteiger partial charge in [-0.15, -0.1) is 0 Å². The largest absolute Gasteiger partial charge is 0.378 e. The molecule has 1 atom stereocenters. The summed E-state index contributed by atoms with van der Waals surface area (Å²) in [7, 11) is 0. The van der Waals surface area contributed by atoms with Crippen LogP contribution in [0.15, 0.2) is 6.20 Å². The van der Waals surface area contributed by atoms with Crippen LogP contribution in [0.25, 0.3) is 0 Å². The Labute approximate surface area is 143 Å². The third-order valence-corrected chi connectivity index (χ3v) is 5.93. The smallest absolute Gasteiger partial charge is 0.225 e. The lowest BCUT2D eigenvalue weighted by molar-refractivity contribution is 0.0503. The summed E-state index contributed by atoms with van der Waals surface area (Å²) in [5.41, 5.74) is 2.52. The maximum absolute atomic E-state index is 5.95. The Bertz CT molecular complexity index is 615. The van der Waals surface area contributed by atoms with Gasteiger partial charge in [0.1, 0.15) is 0 Å². The van der Waals surface area contributed by atoms with E-state index in [9.17, 15) is 0 Å². The van der Waals surface area contributed by atoms with Crippen LogP contribution in [0.2, 0.25) is 0 Å². The van der Waals surface area contributed by atoms with Crippen molar-refractivity contribution in [2.45, 2.75) is 31.3 Å². The predicted molar refractivity (Wildman–Crippen MR) is 90.2 cm³/mol. The molecule has 4 aliphatic rings. The second-order valence-corrected chi connectivity index (χ2v) is 7.84. The van der Waals surface area contributed by atoms with E-state index in [2.05, 4.69) is 14.8 Å². The quantitative estimate of drug-likeness (QED) is 0.830. The van der Waals surface area contributed by atoms with Crippen molar-refractivity contribution < 1.29 is 9.47 Å². The first-order chi connectivity index (χ1) is 11.8. The molecule has 0 radical (unpaired) electrons. The van der Waals surface area contributed by atoms with Gasteiger partial charge < -0.3 is 19.3 Å². The van der Waals surface area contributed by atoms with Crippen LogP contribution in [0.3, 0.4) is 0 Å². The molecule has 1 aromatic rings. The molecule has 3 aliphatic heterocycles. The van der Waals surface area contributed by atoms with Gasteiger partial charge in [-0.05, 0) is 31.7 Å². The number of hydrogen-bond donors (Lipinski definition) is 0. The number of nitrogens with zero attached hydrogens (tertiary/aromatic N) is 4. The summed E-state index contributed by atoms with van der Waals surface area (Å²) in [4.78, 5) is 14.6. The van der Waals surface area contributed by atoms with E-state index in [4.69, 9.17) is 14.5 Å². The van der Waals surface area contributed by atoms with Crippen LogP contribution in [0, 0.1) is 5.92 Å². The van der Waals surface area contributed by atoms with Crippen molar-refractivity contribution in [3.05, 3.63) is 17.5 Å². The van der Waals surface area contributed by atoms with Gasteiger partial charge in [-0.2, -0.15) is 0 Å². The van der Waals surface area contributed by atoms with Crippen LogP contribution in [0.5, 0.6) is 0 Å². The van der Waals surface area contributed by atoms with Crippen molar-refractivity contribution in [3.63, 3.8) is 0 Å². The van der Waals surface area contributed by atoms with Crippen LogP contribution in [-0.2, 0) is 21.5 Å². The third-order valence-electron chi connectivity index (χ3n) is 5.93. The van der Waals surface area contributed by atoms with E-state index in [0.29, 0.717) is 6.61 Å². The van der Waals surface area contributed by atoms with E-state index in [0.717, 1.165) is 57.7 Å². The molecule has 1 aliphatic carbocycles. The van der Waals surface area contributed by atoms with Gasteiger partial charge in [0.25, 0.3) is 0 Å². The van der Waals surface area contributed by atoms with Gasteiger partial charge in [0.15, 0.2) is 0 Å². The maximum atomic E-state index is 5.95. The van der Waals surface area contributed by atoms with Gasteiger partial charge >= 0.3 is 0 Å². The summed E-state index contributed by atoms with van der Waals surface area (Å²) < 4.78 is 11.4.